The van der Waals surface area contributed by atoms with Crippen LogP contribution in [0.2, 0.25) is 0 Å². The van der Waals surface area contributed by atoms with Crippen LogP contribution in [-0.2, 0) is 9.47 Å². The third-order valence-electron chi connectivity index (χ3n) is 4.41. The SMILES string of the molecule is CCOC(=O)N1CCC(Nc2cc(C3CCOC3)ncn2)CC1. The zero-order chi connectivity index (χ0) is 16.1. The lowest BCUT2D eigenvalue weighted by Gasteiger charge is -2.31. The van der Waals surface area contributed by atoms with Crippen LogP contribution >= 0.6 is 0 Å². The van der Waals surface area contributed by atoms with Gasteiger partial charge in [0.05, 0.1) is 18.9 Å². The quantitative estimate of drug-likeness (QED) is 0.914. The number of amides is 1. The van der Waals surface area contributed by atoms with Crippen LogP contribution in [0.5, 0.6) is 0 Å². The van der Waals surface area contributed by atoms with Gasteiger partial charge in [-0.1, -0.05) is 0 Å². The van der Waals surface area contributed by atoms with Crippen molar-refractivity contribution in [2.45, 2.75) is 38.1 Å². The molecular formula is C16H24N4O3. The van der Waals surface area contributed by atoms with E-state index in [1.807, 2.05) is 13.0 Å². The van der Waals surface area contributed by atoms with Crippen molar-refractivity contribution >= 4 is 11.9 Å². The highest BCUT2D eigenvalue weighted by molar-refractivity contribution is 5.67. The maximum absolute atomic E-state index is 11.7. The normalized spacial score (nSPS) is 22.1. The molecular weight excluding hydrogens is 296 g/mol. The highest BCUT2D eigenvalue weighted by Crippen LogP contribution is 2.25. The number of piperidine rings is 1. The number of rotatable bonds is 4. The summed E-state index contributed by atoms with van der Waals surface area (Å²) >= 11 is 0. The largest absolute Gasteiger partial charge is 0.450 e. The summed E-state index contributed by atoms with van der Waals surface area (Å²) in [6.07, 6.45) is 4.21. The fourth-order valence-electron chi connectivity index (χ4n) is 3.07. The first-order valence-corrected chi connectivity index (χ1v) is 8.34. The van der Waals surface area contributed by atoms with Crippen LogP contribution in [0, 0.1) is 0 Å². The molecule has 3 heterocycles. The zero-order valence-corrected chi connectivity index (χ0v) is 13.5. The highest BCUT2D eigenvalue weighted by atomic mass is 16.6. The van der Waals surface area contributed by atoms with Crippen LogP contribution in [0.15, 0.2) is 12.4 Å². The van der Waals surface area contributed by atoms with Crippen molar-refractivity contribution in [2.24, 2.45) is 0 Å². The lowest BCUT2D eigenvalue weighted by Crippen LogP contribution is -2.42. The minimum atomic E-state index is -0.212. The molecule has 3 rings (SSSR count). The number of hydrogen-bond acceptors (Lipinski definition) is 6. The number of carbonyl (C=O) groups excluding carboxylic acids is 1. The summed E-state index contributed by atoms with van der Waals surface area (Å²) in [5, 5.41) is 3.47. The van der Waals surface area contributed by atoms with Crippen LogP contribution in [0.3, 0.4) is 0 Å². The molecule has 2 aliphatic heterocycles. The maximum Gasteiger partial charge on any atom is 0.409 e. The molecule has 0 aliphatic carbocycles. The Morgan fingerprint density at radius 1 is 1.39 bits per heavy atom. The van der Waals surface area contributed by atoms with E-state index in [1.54, 1.807) is 11.2 Å². The van der Waals surface area contributed by atoms with Gasteiger partial charge < -0.3 is 19.7 Å². The molecule has 1 unspecified atom stereocenters. The van der Waals surface area contributed by atoms with Crippen molar-refractivity contribution in [3.05, 3.63) is 18.1 Å². The van der Waals surface area contributed by atoms with Gasteiger partial charge in [0.1, 0.15) is 12.1 Å². The molecule has 2 saturated heterocycles. The minimum Gasteiger partial charge on any atom is -0.450 e. The third-order valence-corrected chi connectivity index (χ3v) is 4.41. The minimum absolute atomic E-state index is 0.212. The summed E-state index contributed by atoms with van der Waals surface area (Å²) in [7, 11) is 0. The number of carbonyl (C=O) groups is 1. The average Bonchev–Trinajstić information content (AvgIpc) is 3.11. The van der Waals surface area contributed by atoms with Gasteiger partial charge in [0.2, 0.25) is 0 Å². The van der Waals surface area contributed by atoms with Crippen LogP contribution in [0.4, 0.5) is 10.6 Å². The number of nitrogens with zero attached hydrogens (tertiary/aromatic N) is 3. The monoisotopic (exact) mass is 320 g/mol. The van der Waals surface area contributed by atoms with Gasteiger partial charge >= 0.3 is 6.09 Å². The van der Waals surface area contributed by atoms with E-state index in [0.29, 0.717) is 31.7 Å². The topological polar surface area (TPSA) is 76.6 Å². The molecule has 2 aliphatic rings. The Bertz CT molecular complexity index is 526. The van der Waals surface area contributed by atoms with E-state index in [2.05, 4.69) is 15.3 Å². The molecule has 7 heteroatoms. The van der Waals surface area contributed by atoms with Crippen LogP contribution in [0.25, 0.3) is 0 Å². The summed E-state index contributed by atoms with van der Waals surface area (Å²) in [4.78, 5) is 22.2. The number of anilines is 1. The van der Waals surface area contributed by atoms with Gasteiger partial charge in [-0.2, -0.15) is 0 Å². The highest BCUT2D eigenvalue weighted by Gasteiger charge is 2.24. The molecule has 0 saturated carbocycles. The molecule has 1 N–H and O–H groups in total. The fraction of sp³-hybridized carbons (Fsp3) is 0.688. The number of aromatic nitrogens is 2. The van der Waals surface area contributed by atoms with E-state index >= 15 is 0 Å². The molecule has 0 aromatic carbocycles. The molecule has 1 aromatic rings. The maximum atomic E-state index is 11.7. The average molecular weight is 320 g/mol. The van der Waals surface area contributed by atoms with Crippen molar-refractivity contribution < 1.29 is 14.3 Å². The van der Waals surface area contributed by atoms with E-state index in [-0.39, 0.29) is 6.09 Å². The van der Waals surface area contributed by atoms with Crippen molar-refractivity contribution in [1.82, 2.24) is 14.9 Å². The molecule has 0 bridgehead atoms. The van der Waals surface area contributed by atoms with E-state index in [1.165, 1.54) is 0 Å². The second-order valence-electron chi connectivity index (χ2n) is 5.99. The molecule has 2 fully saturated rings. The Morgan fingerprint density at radius 3 is 2.91 bits per heavy atom. The van der Waals surface area contributed by atoms with Gasteiger partial charge in [0.15, 0.2) is 0 Å². The van der Waals surface area contributed by atoms with Gasteiger partial charge in [-0.15, -0.1) is 0 Å². The third kappa shape index (κ3) is 4.10. The summed E-state index contributed by atoms with van der Waals surface area (Å²) in [5.41, 5.74) is 1.05. The number of hydrogen-bond donors (Lipinski definition) is 1. The zero-order valence-electron chi connectivity index (χ0n) is 13.5. The van der Waals surface area contributed by atoms with Crippen molar-refractivity contribution in [3.8, 4) is 0 Å². The lowest BCUT2D eigenvalue weighted by molar-refractivity contribution is 0.0983. The molecule has 0 spiro atoms. The van der Waals surface area contributed by atoms with Gasteiger partial charge in [0, 0.05) is 37.7 Å². The molecule has 23 heavy (non-hydrogen) atoms. The Labute approximate surface area is 136 Å². The summed E-state index contributed by atoms with van der Waals surface area (Å²) < 4.78 is 10.5. The summed E-state index contributed by atoms with van der Waals surface area (Å²) in [6, 6.07) is 2.35. The molecule has 126 valence electrons. The Balaban J connectivity index is 1.52. The lowest BCUT2D eigenvalue weighted by atomic mass is 10.0. The van der Waals surface area contributed by atoms with Crippen LogP contribution < -0.4 is 5.32 Å². The molecule has 7 nitrogen and oxygen atoms in total. The molecule has 1 atom stereocenters. The Morgan fingerprint density at radius 2 is 2.22 bits per heavy atom. The van der Waals surface area contributed by atoms with E-state index in [0.717, 1.165) is 44.0 Å². The number of nitrogens with one attached hydrogen (secondary N) is 1. The Kier molecular flexibility index (Phi) is 5.27. The predicted molar refractivity (Wildman–Crippen MR) is 85.4 cm³/mol. The van der Waals surface area contributed by atoms with Crippen molar-refractivity contribution in [1.29, 1.82) is 0 Å². The van der Waals surface area contributed by atoms with E-state index < -0.39 is 0 Å². The molecule has 0 radical (unpaired) electrons. The number of ether oxygens (including phenoxy) is 2. The van der Waals surface area contributed by atoms with Gasteiger partial charge in [-0.25, -0.2) is 14.8 Å². The van der Waals surface area contributed by atoms with Gasteiger partial charge in [0.25, 0.3) is 0 Å². The Hall–Kier alpha value is -1.89. The second kappa shape index (κ2) is 7.59. The number of likely N-dealkylation sites (tertiary alicyclic amines) is 1. The van der Waals surface area contributed by atoms with Gasteiger partial charge in [-0.3, -0.25) is 0 Å². The van der Waals surface area contributed by atoms with E-state index in [9.17, 15) is 4.79 Å². The molecule has 1 amide bonds. The molecule has 1 aromatic heterocycles. The smallest absolute Gasteiger partial charge is 0.409 e. The van der Waals surface area contributed by atoms with Crippen LogP contribution in [-0.4, -0.2) is 59.9 Å². The summed E-state index contributed by atoms with van der Waals surface area (Å²) in [5.74, 6) is 1.24. The predicted octanol–water partition coefficient (Wildman–Crippen LogP) is 2.01. The first kappa shape index (κ1) is 16.0. The van der Waals surface area contributed by atoms with Gasteiger partial charge in [-0.05, 0) is 26.2 Å². The second-order valence-corrected chi connectivity index (χ2v) is 5.99. The fourth-order valence-corrected chi connectivity index (χ4v) is 3.07. The van der Waals surface area contributed by atoms with Crippen molar-refractivity contribution in [2.75, 3.05) is 38.2 Å². The van der Waals surface area contributed by atoms with E-state index in [4.69, 9.17) is 9.47 Å². The summed E-state index contributed by atoms with van der Waals surface area (Å²) in [6.45, 7) is 5.23. The first-order valence-electron chi connectivity index (χ1n) is 8.34. The van der Waals surface area contributed by atoms with Crippen molar-refractivity contribution in [3.63, 3.8) is 0 Å². The first-order chi connectivity index (χ1) is 11.3. The standard InChI is InChI=1S/C16H24N4O3/c1-2-23-16(21)20-6-3-13(4-7-20)19-15-9-14(17-11-18-15)12-5-8-22-10-12/h9,11-13H,2-8,10H2,1H3,(H,17,18,19). The van der Waals surface area contributed by atoms with Crippen LogP contribution in [0.1, 0.15) is 37.8 Å².